The average Bonchev–Trinajstić information content (AvgIpc) is 3.46. The minimum absolute atomic E-state index is 0.0294. The Hall–Kier alpha value is -3.43. The summed E-state index contributed by atoms with van der Waals surface area (Å²) in [5.41, 5.74) is 1.04. The third kappa shape index (κ3) is 3.40. The molecule has 1 aromatic carbocycles. The number of ether oxygens (including phenoxy) is 2. The van der Waals surface area contributed by atoms with Crippen molar-refractivity contribution >= 4 is 5.91 Å². The first-order valence-electron chi connectivity index (χ1n) is 8.82. The lowest BCUT2D eigenvalue weighted by molar-refractivity contribution is 0.0786. The first-order chi connectivity index (χ1) is 13.6. The molecule has 1 aliphatic rings. The van der Waals surface area contributed by atoms with E-state index in [0.29, 0.717) is 47.6 Å². The zero-order chi connectivity index (χ0) is 19.7. The Kier molecular flexibility index (Phi) is 4.68. The van der Waals surface area contributed by atoms with E-state index in [0.717, 1.165) is 6.42 Å². The van der Waals surface area contributed by atoms with Crippen molar-refractivity contribution in [2.24, 2.45) is 0 Å². The molecular weight excluding hydrogens is 364 g/mol. The summed E-state index contributed by atoms with van der Waals surface area (Å²) in [6.45, 7) is 2.90. The molecule has 1 fully saturated rings. The summed E-state index contributed by atoms with van der Waals surface area (Å²) in [4.78, 5) is 18.9. The monoisotopic (exact) mass is 384 g/mol. The summed E-state index contributed by atoms with van der Waals surface area (Å²) in [5, 5.41) is 12.0. The van der Waals surface area contributed by atoms with Crippen LogP contribution in [0.2, 0.25) is 0 Å². The summed E-state index contributed by atoms with van der Waals surface area (Å²) in [6.07, 6.45) is 2.54. The first-order valence-corrected chi connectivity index (χ1v) is 8.82. The van der Waals surface area contributed by atoms with E-state index >= 15 is 0 Å². The van der Waals surface area contributed by atoms with Gasteiger partial charge in [-0.3, -0.25) is 4.79 Å². The molecule has 0 radical (unpaired) electrons. The van der Waals surface area contributed by atoms with Crippen molar-refractivity contribution in [3.8, 4) is 23.1 Å². The van der Waals surface area contributed by atoms with Crippen LogP contribution in [0, 0.1) is 6.92 Å². The van der Waals surface area contributed by atoms with Crippen molar-refractivity contribution in [2.75, 3.05) is 27.3 Å². The summed E-state index contributed by atoms with van der Waals surface area (Å²) in [5.74, 6) is 1.95. The number of hydrogen-bond acceptors (Lipinski definition) is 8. The molecule has 28 heavy (non-hydrogen) atoms. The number of aryl methyl sites for hydroxylation is 1. The highest BCUT2D eigenvalue weighted by atomic mass is 16.5. The van der Waals surface area contributed by atoms with Gasteiger partial charge in [-0.05, 0) is 25.5 Å². The number of methoxy groups -OCH3 is 2. The molecule has 10 nitrogen and oxygen atoms in total. The minimum atomic E-state index is -0.0763. The van der Waals surface area contributed by atoms with E-state index in [9.17, 15) is 4.79 Å². The Morgan fingerprint density at radius 2 is 1.96 bits per heavy atom. The van der Waals surface area contributed by atoms with E-state index in [1.165, 1.54) is 0 Å². The normalized spacial score (nSPS) is 16.4. The van der Waals surface area contributed by atoms with Gasteiger partial charge in [0, 0.05) is 24.7 Å². The molecule has 3 heterocycles. The molecule has 0 aliphatic carbocycles. The Balaban J connectivity index is 1.48. The van der Waals surface area contributed by atoms with Crippen LogP contribution in [0.5, 0.6) is 11.5 Å². The summed E-state index contributed by atoms with van der Waals surface area (Å²) >= 11 is 0. The summed E-state index contributed by atoms with van der Waals surface area (Å²) < 4.78 is 17.4. The van der Waals surface area contributed by atoms with Gasteiger partial charge in [0.25, 0.3) is 11.8 Å². The fourth-order valence-electron chi connectivity index (χ4n) is 3.21. The SMILES string of the molecule is COc1cc(OC)cc(C(=O)N2CC[C@H](n3cc(-c4nc(C)no4)nn3)C2)c1. The van der Waals surface area contributed by atoms with Gasteiger partial charge < -0.3 is 18.9 Å². The van der Waals surface area contributed by atoms with Crippen molar-refractivity contribution in [1.29, 1.82) is 0 Å². The van der Waals surface area contributed by atoms with Crippen LogP contribution in [-0.4, -0.2) is 63.3 Å². The molecule has 0 bridgehead atoms. The zero-order valence-corrected chi connectivity index (χ0v) is 15.8. The topological polar surface area (TPSA) is 108 Å². The molecule has 0 unspecified atom stereocenters. The van der Waals surface area contributed by atoms with E-state index in [2.05, 4.69) is 20.5 Å². The third-order valence-corrected chi connectivity index (χ3v) is 4.68. The molecule has 10 heteroatoms. The van der Waals surface area contributed by atoms with E-state index in [4.69, 9.17) is 14.0 Å². The van der Waals surface area contributed by atoms with Crippen molar-refractivity contribution in [3.05, 3.63) is 35.8 Å². The Bertz CT molecular complexity index is 975. The highest BCUT2D eigenvalue weighted by Crippen LogP contribution is 2.27. The highest BCUT2D eigenvalue weighted by molar-refractivity contribution is 5.95. The number of amides is 1. The molecule has 4 rings (SSSR count). The lowest BCUT2D eigenvalue weighted by Gasteiger charge is -2.17. The largest absolute Gasteiger partial charge is 0.497 e. The van der Waals surface area contributed by atoms with Gasteiger partial charge in [-0.1, -0.05) is 10.4 Å². The van der Waals surface area contributed by atoms with Crippen LogP contribution in [0.25, 0.3) is 11.6 Å². The number of carbonyl (C=O) groups is 1. The first kappa shape index (κ1) is 18.0. The Morgan fingerprint density at radius 3 is 2.61 bits per heavy atom. The van der Waals surface area contributed by atoms with Crippen LogP contribution in [0.15, 0.2) is 28.9 Å². The van der Waals surface area contributed by atoms with Gasteiger partial charge in [0.05, 0.1) is 26.5 Å². The third-order valence-electron chi connectivity index (χ3n) is 4.68. The molecule has 1 atom stereocenters. The fraction of sp³-hybridized carbons (Fsp3) is 0.389. The second-order valence-corrected chi connectivity index (χ2v) is 6.53. The van der Waals surface area contributed by atoms with Crippen molar-refractivity contribution in [2.45, 2.75) is 19.4 Å². The summed E-state index contributed by atoms with van der Waals surface area (Å²) in [6, 6.07) is 5.19. The van der Waals surface area contributed by atoms with Crippen LogP contribution in [-0.2, 0) is 0 Å². The van der Waals surface area contributed by atoms with E-state index in [1.807, 2.05) is 0 Å². The van der Waals surface area contributed by atoms with Crippen LogP contribution < -0.4 is 9.47 Å². The number of rotatable bonds is 5. The number of benzene rings is 1. The number of aromatic nitrogens is 5. The molecule has 0 N–H and O–H groups in total. The van der Waals surface area contributed by atoms with Crippen LogP contribution in [0.1, 0.15) is 28.6 Å². The molecule has 1 amide bonds. The molecule has 146 valence electrons. The molecular formula is C18H20N6O4. The maximum atomic E-state index is 12.9. The Morgan fingerprint density at radius 1 is 1.21 bits per heavy atom. The molecule has 3 aromatic rings. The smallest absolute Gasteiger partial charge is 0.280 e. The van der Waals surface area contributed by atoms with E-state index in [-0.39, 0.29) is 11.9 Å². The lowest BCUT2D eigenvalue weighted by Crippen LogP contribution is -2.29. The van der Waals surface area contributed by atoms with E-state index in [1.54, 1.807) is 55.1 Å². The fourth-order valence-corrected chi connectivity index (χ4v) is 3.21. The number of carbonyl (C=O) groups excluding carboxylic acids is 1. The molecule has 1 aliphatic heterocycles. The van der Waals surface area contributed by atoms with Crippen LogP contribution in [0.4, 0.5) is 0 Å². The second-order valence-electron chi connectivity index (χ2n) is 6.53. The Labute approximate surface area is 161 Å². The van der Waals surface area contributed by atoms with Crippen LogP contribution in [0.3, 0.4) is 0 Å². The molecule has 0 spiro atoms. The molecule has 1 saturated heterocycles. The van der Waals surface area contributed by atoms with Crippen molar-refractivity contribution in [1.82, 2.24) is 30.0 Å². The van der Waals surface area contributed by atoms with Gasteiger partial charge in [0.15, 0.2) is 11.5 Å². The molecule has 2 aromatic heterocycles. The van der Waals surface area contributed by atoms with Gasteiger partial charge in [-0.2, -0.15) is 4.98 Å². The second kappa shape index (κ2) is 7.29. The quantitative estimate of drug-likeness (QED) is 0.654. The van der Waals surface area contributed by atoms with Gasteiger partial charge in [0.1, 0.15) is 11.5 Å². The number of likely N-dealkylation sites (tertiary alicyclic amines) is 1. The van der Waals surface area contributed by atoms with Crippen LogP contribution >= 0.6 is 0 Å². The minimum Gasteiger partial charge on any atom is -0.497 e. The average molecular weight is 384 g/mol. The number of hydrogen-bond donors (Lipinski definition) is 0. The maximum Gasteiger partial charge on any atom is 0.280 e. The standard InChI is InChI=1S/C18H20N6O4/c1-11-19-17(28-21-11)16-10-24(22-20-16)13-4-5-23(9-13)18(25)12-6-14(26-2)8-15(7-12)27-3/h6-8,10,13H,4-5,9H2,1-3H3/t13-/m0/s1. The van der Waals surface area contributed by atoms with Crippen molar-refractivity contribution in [3.63, 3.8) is 0 Å². The van der Waals surface area contributed by atoms with Gasteiger partial charge >= 0.3 is 0 Å². The number of nitrogens with zero attached hydrogens (tertiary/aromatic N) is 6. The highest BCUT2D eigenvalue weighted by Gasteiger charge is 2.30. The predicted molar refractivity (Wildman–Crippen MR) is 97.2 cm³/mol. The van der Waals surface area contributed by atoms with E-state index < -0.39 is 0 Å². The van der Waals surface area contributed by atoms with Gasteiger partial charge in [-0.15, -0.1) is 5.10 Å². The predicted octanol–water partition coefficient (Wildman–Crippen LogP) is 1.74. The summed E-state index contributed by atoms with van der Waals surface area (Å²) in [7, 11) is 3.12. The van der Waals surface area contributed by atoms with Gasteiger partial charge in [-0.25, -0.2) is 4.68 Å². The molecule has 0 saturated carbocycles. The maximum absolute atomic E-state index is 12.9. The van der Waals surface area contributed by atoms with Crippen molar-refractivity contribution < 1.29 is 18.8 Å². The zero-order valence-electron chi connectivity index (χ0n) is 15.8. The lowest BCUT2D eigenvalue weighted by atomic mass is 10.1. The van der Waals surface area contributed by atoms with Gasteiger partial charge in [0.2, 0.25) is 0 Å².